The maximum atomic E-state index is 13.8. The molecule has 12 N–H and O–H groups in total. The van der Waals surface area contributed by atoms with Gasteiger partial charge in [0.2, 0.25) is 5.91 Å². The molecule has 0 aromatic heterocycles. The standard InChI is InChI=1S/C29H64N11O10P3/c1-10-21(5)48-26(17-45-51(32,42)34-8)14-37-52(33,43)46-16-24(11-2)50-27(40(19-30)29(39-20(3)4)23(7)28(31)41)15-38-53(44,35-9)47-18-25-13-36-12-22(6)49-25/h19,21-22,24-27,30,36H,10-18H2,1-9H3,(H2,31,41)(H3,32,34,42)(H3,33,37,43)(H2,35,38,44)/b29-23+,30-19?. The van der Waals surface area contributed by atoms with E-state index >= 15 is 0 Å². The molecule has 1 rings (SSSR count). The Morgan fingerprint density at radius 1 is 0.981 bits per heavy atom. The van der Waals surface area contributed by atoms with Crippen LogP contribution in [0.5, 0.6) is 0 Å². The Balaban J connectivity index is 3.26. The Morgan fingerprint density at radius 2 is 1.62 bits per heavy atom. The van der Waals surface area contributed by atoms with Crippen molar-refractivity contribution in [3.63, 3.8) is 0 Å². The molecule has 310 valence electrons. The van der Waals surface area contributed by atoms with Crippen molar-refractivity contribution in [3.8, 4) is 0 Å². The monoisotopic (exact) mass is 819 g/mol. The first-order valence-corrected chi connectivity index (χ1v) is 22.4. The fourth-order valence-corrected chi connectivity index (χ4v) is 7.07. The molecule has 1 aliphatic heterocycles. The van der Waals surface area contributed by atoms with E-state index in [1.165, 1.54) is 25.9 Å². The summed E-state index contributed by atoms with van der Waals surface area (Å²) >= 11 is 0. The first-order valence-electron chi connectivity index (χ1n) is 17.4. The van der Waals surface area contributed by atoms with Crippen LogP contribution in [0, 0.1) is 5.41 Å². The Morgan fingerprint density at radius 3 is 2.15 bits per heavy atom. The van der Waals surface area contributed by atoms with Crippen LogP contribution in [0.25, 0.3) is 0 Å². The van der Waals surface area contributed by atoms with Crippen LogP contribution in [0.3, 0.4) is 0 Å². The lowest BCUT2D eigenvalue weighted by Gasteiger charge is -2.35. The van der Waals surface area contributed by atoms with E-state index in [1.807, 2.05) is 20.8 Å². The highest BCUT2D eigenvalue weighted by Crippen LogP contribution is 2.38. The lowest BCUT2D eigenvalue weighted by atomic mass is 10.2. The highest BCUT2D eigenvalue weighted by atomic mass is 31.2. The van der Waals surface area contributed by atoms with Gasteiger partial charge in [-0.25, -0.2) is 36.3 Å². The van der Waals surface area contributed by atoms with Gasteiger partial charge in [0.25, 0.3) is 0 Å². The van der Waals surface area contributed by atoms with E-state index in [0.29, 0.717) is 31.6 Å². The van der Waals surface area contributed by atoms with Gasteiger partial charge in [0.05, 0.1) is 68.8 Å². The first kappa shape index (κ1) is 49.5. The van der Waals surface area contributed by atoms with E-state index in [1.54, 1.807) is 20.8 Å². The molecule has 1 aliphatic rings. The number of carbonyl (C=O) groups is 1. The second kappa shape index (κ2) is 24.2. The third-order valence-electron chi connectivity index (χ3n) is 7.73. The summed E-state index contributed by atoms with van der Waals surface area (Å²) in [5.41, 5.74) is 17.8. The smallest absolute Gasteiger partial charge is 0.340 e. The Kier molecular flexibility index (Phi) is 22.6. The van der Waals surface area contributed by atoms with E-state index in [4.69, 9.17) is 49.9 Å². The van der Waals surface area contributed by atoms with Gasteiger partial charge in [0, 0.05) is 25.3 Å². The highest BCUT2D eigenvalue weighted by molar-refractivity contribution is 7.55. The topological polar surface area (TPSA) is 301 Å². The molecule has 0 bridgehead atoms. The second-order valence-electron chi connectivity index (χ2n) is 12.5. The number of aliphatic imine (C=N–C) groups is 1. The molecular formula is C29H64N11O10P3. The van der Waals surface area contributed by atoms with Crippen molar-refractivity contribution in [1.82, 2.24) is 30.6 Å². The van der Waals surface area contributed by atoms with Crippen molar-refractivity contribution in [1.29, 1.82) is 5.41 Å². The van der Waals surface area contributed by atoms with E-state index in [-0.39, 0.29) is 62.6 Å². The lowest BCUT2D eigenvalue weighted by Crippen LogP contribution is -2.47. The van der Waals surface area contributed by atoms with Crippen molar-refractivity contribution < 1.29 is 46.3 Å². The third kappa shape index (κ3) is 19.3. The quantitative estimate of drug-likeness (QED) is 0.0178. The van der Waals surface area contributed by atoms with Crippen LogP contribution in [0.15, 0.2) is 16.4 Å². The molecule has 0 aromatic rings. The predicted octanol–water partition coefficient (Wildman–Crippen LogP) is 1.68. The molecular weight excluding hydrogens is 755 g/mol. The van der Waals surface area contributed by atoms with Crippen LogP contribution in [-0.2, 0) is 46.3 Å². The predicted molar refractivity (Wildman–Crippen MR) is 205 cm³/mol. The molecule has 0 spiro atoms. The molecule has 0 aromatic carbocycles. The van der Waals surface area contributed by atoms with Crippen LogP contribution in [0.4, 0.5) is 0 Å². The molecule has 1 fully saturated rings. The number of morpholine rings is 1. The van der Waals surface area contributed by atoms with Gasteiger partial charge in [-0.2, -0.15) is 0 Å². The van der Waals surface area contributed by atoms with Gasteiger partial charge in [-0.15, -0.1) is 0 Å². The van der Waals surface area contributed by atoms with Gasteiger partial charge in [0.15, 0.2) is 0 Å². The van der Waals surface area contributed by atoms with E-state index in [2.05, 4.69) is 30.7 Å². The Hall–Kier alpha value is -1.48. The number of hydrogen-bond acceptors (Lipinski definition) is 13. The molecule has 1 heterocycles. The van der Waals surface area contributed by atoms with E-state index < -0.39 is 47.4 Å². The minimum absolute atomic E-state index is 0.00807. The number of hydrogen-bond donors (Lipinski definition) is 9. The lowest BCUT2D eigenvalue weighted by molar-refractivity contribution is -0.114. The summed E-state index contributed by atoms with van der Waals surface area (Å²) in [4.78, 5) is 18.0. The van der Waals surface area contributed by atoms with Crippen LogP contribution in [0.1, 0.15) is 61.3 Å². The normalized spacial score (nSPS) is 22.5. The molecule has 24 heteroatoms. The first-order chi connectivity index (χ1) is 24.7. The van der Waals surface area contributed by atoms with E-state index in [0.717, 1.165) is 6.34 Å². The maximum Gasteiger partial charge on any atom is 0.340 e. The number of nitrogens with zero attached hydrogens (tertiary/aromatic N) is 2. The van der Waals surface area contributed by atoms with Gasteiger partial charge in [-0.1, -0.05) is 13.8 Å². The Labute approximate surface area is 314 Å². The molecule has 21 nitrogen and oxygen atoms in total. The van der Waals surface area contributed by atoms with Gasteiger partial charge in [-0.3, -0.25) is 28.8 Å². The molecule has 1 saturated heterocycles. The molecule has 0 radical (unpaired) electrons. The van der Waals surface area contributed by atoms with Gasteiger partial charge in [-0.05, 0) is 61.6 Å². The van der Waals surface area contributed by atoms with Gasteiger partial charge in [0.1, 0.15) is 12.0 Å². The van der Waals surface area contributed by atoms with Crippen LogP contribution in [0.2, 0.25) is 0 Å². The molecule has 53 heavy (non-hydrogen) atoms. The number of amides is 1. The van der Waals surface area contributed by atoms with Crippen LogP contribution in [-0.4, -0.2) is 120 Å². The van der Waals surface area contributed by atoms with Crippen molar-refractivity contribution in [2.24, 2.45) is 21.7 Å². The van der Waals surface area contributed by atoms with E-state index in [9.17, 15) is 18.5 Å². The average Bonchev–Trinajstić information content (AvgIpc) is 3.11. The van der Waals surface area contributed by atoms with Gasteiger partial charge >= 0.3 is 23.0 Å². The summed E-state index contributed by atoms with van der Waals surface area (Å²) in [6.45, 7) is 12.7. The van der Waals surface area contributed by atoms with Crippen LogP contribution < -0.4 is 42.4 Å². The number of carbonyl (C=O) groups excluding carboxylic acids is 1. The molecule has 1 amide bonds. The maximum absolute atomic E-state index is 13.8. The van der Waals surface area contributed by atoms with Crippen molar-refractivity contribution in [2.45, 2.75) is 98.1 Å². The van der Waals surface area contributed by atoms with Crippen molar-refractivity contribution in [2.75, 3.05) is 60.1 Å². The molecule has 0 saturated carbocycles. The summed E-state index contributed by atoms with van der Waals surface area (Å²) in [7, 11) is -8.42. The van der Waals surface area contributed by atoms with Gasteiger partial charge < -0.3 is 38.8 Å². The molecule has 9 atom stereocenters. The fourth-order valence-electron chi connectivity index (χ4n) is 4.47. The summed E-state index contributed by atoms with van der Waals surface area (Å²) in [6, 6.07) is 0. The van der Waals surface area contributed by atoms with Crippen molar-refractivity contribution in [3.05, 3.63) is 11.4 Å². The zero-order chi connectivity index (χ0) is 40.4. The number of primary amides is 1. The zero-order valence-electron chi connectivity index (χ0n) is 32.5. The average molecular weight is 820 g/mol. The largest absolute Gasteiger partial charge is 0.372 e. The number of nitrogens with two attached hydrogens (primary N) is 3. The summed E-state index contributed by atoms with van der Waals surface area (Å²) in [5.74, 6) is -0.762. The van der Waals surface area contributed by atoms with Crippen molar-refractivity contribution >= 4 is 41.0 Å². The summed E-state index contributed by atoms with van der Waals surface area (Å²) in [6.07, 6.45) is -1.44. The second-order valence-corrected chi connectivity index (χ2v) is 18.3. The third-order valence-corrected chi connectivity index (χ3v) is 11.7. The molecule has 0 aliphatic carbocycles. The molecule has 9 unspecified atom stereocenters. The number of nitrogens with one attached hydrogen (secondary N) is 6. The van der Waals surface area contributed by atoms with Crippen LogP contribution >= 0.6 is 23.0 Å². The summed E-state index contributed by atoms with van der Waals surface area (Å²) < 4.78 is 74.0. The Bertz CT molecular complexity index is 1360. The number of rotatable bonds is 28. The highest BCUT2D eigenvalue weighted by Gasteiger charge is 2.32. The SMILES string of the molecule is CCC(C)OC(CNP(N)(=O)OCC(CC)OC(CNP(=O)(NC)OCC1CNCC(C)O1)N(C=N)/C(N=C(C)C)=C(\C)C(N)=O)COP(N)(=O)NC. The summed E-state index contributed by atoms with van der Waals surface area (Å²) in [5, 5.41) is 22.1. The minimum Gasteiger partial charge on any atom is -0.372 e. The zero-order valence-corrected chi connectivity index (χ0v) is 35.1. The fraction of sp³-hybridized carbons (Fsp3) is 0.828. The number of ether oxygens (including phenoxy) is 3. The minimum atomic E-state index is -3.99.